The molecule has 0 unspecified atom stereocenters. The number of hydrogen-bond acceptors (Lipinski definition) is 4. The van der Waals surface area contributed by atoms with Crippen LogP contribution in [-0.4, -0.2) is 10.9 Å². The van der Waals surface area contributed by atoms with Crippen molar-refractivity contribution in [2.24, 2.45) is 0 Å². The van der Waals surface area contributed by atoms with Gasteiger partial charge in [-0.1, -0.05) is 24.3 Å². The predicted octanol–water partition coefficient (Wildman–Crippen LogP) is 2.52. The second-order valence-electron chi connectivity index (χ2n) is 3.19. The Morgan fingerprint density at radius 1 is 1.62 bits per heavy atom. The number of benzene rings is 1. The van der Waals surface area contributed by atoms with E-state index in [1.54, 1.807) is 19.1 Å². The van der Waals surface area contributed by atoms with Crippen molar-refractivity contribution in [3.05, 3.63) is 23.8 Å². The first kappa shape index (κ1) is 10.6. The predicted molar refractivity (Wildman–Crippen MR) is 63.3 cm³/mol. The van der Waals surface area contributed by atoms with Gasteiger partial charge in [0.1, 0.15) is 6.07 Å². The number of carbonyl (C=O) groups is 1. The average Bonchev–Trinajstić information content (AvgIpc) is 2.70. The summed E-state index contributed by atoms with van der Waals surface area (Å²) in [6, 6.07) is 7.46. The molecule has 0 aliphatic carbocycles. The highest BCUT2D eigenvalue weighted by atomic mass is 32.1. The normalized spacial score (nSPS) is 10.0. The lowest BCUT2D eigenvalue weighted by molar-refractivity contribution is -0.115. The summed E-state index contributed by atoms with van der Waals surface area (Å²) >= 11 is 1.33. The van der Waals surface area contributed by atoms with Crippen LogP contribution < -0.4 is 5.32 Å². The number of anilines is 1. The number of rotatable bonds is 2. The molecular formula is C11H9N3OS. The molecule has 2 rings (SSSR count). The van der Waals surface area contributed by atoms with E-state index < -0.39 is 0 Å². The maximum atomic E-state index is 11.2. The average molecular weight is 231 g/mol. The molecule has 0 spiro atoms. The van der Waals surface area contributed by atoms with Crippen LogP contribution in [0.4, 0.5) is 5.13 Å². The van der Waals surface area contributed by atoms with E-state index in [4.69, 9.17) is 5.26 Å². The van der Waals surface area contributed by atoms with Crippen LogP contribution in [0.5, 0.6) is 0 Å². The van der Waals surface area contributed by atoms with E-state index >= 15 is 0 Å². The minimum atomic E-state index is -0.0717. The van der Waals surface area contributed by atoms with Crippen molar-refractivity contribution in [1.82, 2.24) is 4.98 Å². The van der Waals surface area contributed by atoms with Crippen LogP contribution in [0.1, 0.15) is 18.9 Å². The molecule has 2 aromatic rings. The van der Waals surface area contributed by atoms with Crippen molar-refractivity contribution in [2.75, 3.05) is 5.32 Å². The number of thiazole rings is 1. The molecule has 1 heterocycles. The van der Waals surface area contributed by atoms with Crippen LogP contribution in [0.2, 0.25) is 0 Å². The summed E-state index contributed by atoms with van der Waals surface area (Å²) in [5.74, 6) is -0.0717. The maximum Gasteiger partial charge on any atom is 0.225 e. The van der Waals surface area contributed by atoms with E-state index in [1.165, 1.54) is 11.3 Å². The first-order valence-corrected chi connectivity index (χ1v) is 5.65. The van der Waals surface area contributed by atoms with Crippen LogP contribution in [0.3, 0.4) is 0 Å². The fourth-order valence-electron chi connectivity index (χ4n) is 1.30. The Kier molecular flexibility index (Phi) is 2.84. The quantitative estimate of drug-likeness (QED) is 0.863. The molecule has 0 atom stereocenters. The number of carbonyl (C=O) groups excluding carboxylic acids is 1. The van der Waals surface area contributed by atoms with E-state index in [9.17, 15) is 4.79 Å². The van der Waals surface area contributed by atoms with Gasteiger partial charge in [0.15, 0.2) is 5.13 Å². The summed E-state index contributed by atoms with van der Waals surface area (Å²) in [5, 5.41) is 12.2. The lowest BCUT2D eigenvalue weighted by Crippen LogP contribution is -2.08. The summed E-state index contributed by atoms with van der Waals surface area (Å²) in [6.45, 7) is 1.78. The molecule has 1 aromatic heterocycles. The monoisotopic (exact) mass is 231 g/mol. The first-order valence-electron chi connectivity index (χ1n) is 4.84. The summed E-state index contributed by atoms with van der Waals surface area (Å²) in [4.78, 5) is 15.4. The second kappa shape index (κ2) is 4.29. The van der Waals surface area contributed by atoms with Gasteiger partial charge in [0, 0.05) is 6.42 Å². The van der Waals surface area contributed by atoms with E-state index in [0.29, 0.717) is 17.1 Å². The summed E-state index contributed by atoms with van der Waals surface area (Å²) in [7, 11) is 0. The van der Waals surface area contributed by atoms with Crippen LogP contribution in [0.25, 0.3) is 10.2 Å². The Labute approximate surface area is 96.5 Å². The minimum Gasteiger partial charge on any atom is -0.302 e. The molecular weight excluding hydrogens is 222 g/mol. The van der Waals surface area contributed by atoms with Gasteiger partial charge in [0.25, 0.3) is 0 Å². The van der Waals surface area contributed by atoms with Crippen LogP contribution >= 0.6 is 11.3 Å². The Morgan fingerprint density at radius 2 is 2.44 bits per heavy atom. The first-order chi connectivity index (χ1) is 7.74. The third-order valence-electron chi connectivity index (χ3n) is 2.10. The van der Waals surface area contributed by atoms with E-state index in [0.717, 1.165) is 10.2 Å². The fraction of sp³-hybridized carbons (Fsp3) is 0.182. The molecule has 80 valence electrons. The zero-order valence-corrected chi connectivity index (χ0v) is 9.47. The van der Waals surface area contributed by atoms with Crippen molar-refractivity contribution in [2.45, 2.75) is 13.3 Å². The second-order valence-corrected chi connectivity index (χ2v) is 4.19. The van der Waals surface area contributed by atoms with Crippen molar-refractivity contribution in [1.29, 1.82) is 5.26 Å². The molecule has 0 saturated heterocycles. The molecule has 0 fully saturated rings. The highest BCUT2D eigenvalue weighted by molar-refractivity contribution is 7.22. The van der Waals surface area contributed by atoms with Crippen LogP contribution in [0.15, 0.2) is 18.2 Å². The highest BCUT2D eigenvalue weighted by Crippen LogP contribution is 2.28. The number of nitrogens with zero attached hydrogens (tertiary/aromatic N) is 2. The van der Waals surface area contributed by atoms with Crippen LogP contribution in [-0.2, 0) is 4.79 Å². The summed E-state index contributed by atoms with van der Waals surface area (Å²) in [5.41, 5.74) is 1.34. The minimum absolute atomic E-state index is 0.0717. The fourth-order valence-corrected chi connectivity index (χ4v) is 2.24. The van der Waals surface area contributed by atoms with Gasteiger partial charge in [0.05, 0.1) is 15.8 Å². The summed E-state index contributed by atoms with van der Waals surface area (Å²) in [6.07, 6.45) is 0.418. The van der Waals surface area contributed by atoms with E-state index in [1.807, 2.05) is 6.07 Å². The molecule has 0 aliphatic rings. The third-order valence-corrected chi connectivity index (χ3v) is 3.12. The number of fused-ring (bicyclic) bond motifs is 1. The molecule has 0 radical (unpaired) electrons. The van der Waals surface area contributed by atoms with Crippen molar-refractivity contribution in [3.8, 4) is 6.07 Å². The number of hydrogen-bond donors (Lipinski definition) is 1. The topological polar surface area (TPSA) is 65.8 Å². The molecule has 1 N–H and O–H groups in total. The molecule has 16 heavy (non-hydrogen) atoms. The molecule has 1 amide bonds. The van der Waals surface area contributed by atoms with Gasteiger partial charge in [-0.05, 0) is 12.1 Å². The standard InChI is InChI=1S/C11H9N3OS/c1-2-9(15)14-11-13-8-5-3-4-7(6-12)10(8)16-11/h3-5H,2H2,1H3,(H,13,14,15). The number of aromatic nitrogens is 1. The maximum absolute atomic E-state index is 11.2. The van der Waals surface area contributed by atoms with Gasteiger partial charge in [-0.2, -0.15) is 5.26 Å². The van der Waals surface area contributed by atoms with E-state index in [2.05, 4.69) is 16.4 Å². The molecule has 1 aromatic carbocycles. The van der Waals surface area contributed by atoms with Gasteiger partial charge < -0.3 is 5.32 Å². The Hall–Kier alpha value is -1.93. The van der Waals surface area contributed by atoms with Gasteiger partial charge >= 0.3 is 0 Å². The number of nitriles is 1. The van der Waals surface area contributed by atoms with Gasteiger partial charge in [-0.25, -0.2) is 4.98 Å². The zero-order chi connectivity index (χ0) is 11.5. The number of amides is 1. The largest absolute Gasteiger partial charge is 0.302 e. The molecule has 4 nitrogen and oxygen atoms in total. The molecule has 5 heteroatoms. The summed E-state index contributed by atoms with van der Waals surface area (Å²) < 4.78 is 0.816. The lowest BCUT2D eigenvalue weighted by Gasteiger charge is -1.95. The SMILES string of the molecule is CCC(=O)Nc1nc2cccc(C#N)c2s1. The number of nitrogens with one attached hydrogen (secondary N) is 1. The Bertz CT molecular complexity index is 582. The highest BCUT2D eigenvalue weighted by Gasteiger charge is 2.08. The van der Waals surface area contributed by atoms with Gasteiger partial charge in [0.2, 0.25) is 5.91 Å². The van der Waals surface area contributed by atoms with Gasteiger partial charge in [-0.3, -0.25) is 4.79 Å². The lowest BCUT2D eigenvalue weighted by atomic mass is 10.2. The van der Waals surface area contributed by atoms with Crippen molar-refractivity contribution < 1.29 is 4.79 Å². The molecule has 0 aliphatic heterocycles. The van der Waals surface area contributed by atoms with Gasteiger partial charge in [-0.15, -0.1) is 0 Å². The smallest absolute Gasteiger partial charge is 0.225 e. The zero-order valence-electron chi connectivity index (χ0n) is 8.65. The Balaban J connectivity index is 2.45. The third kappa shape index (κ3) is 1.88. The molecule has 0 saturated carbocycles. The van der Waals surface area contributed by atoms with E-state index in [-0.39, 0.29) is 5.91 Å². The van der Waals surface area contributed by atoms with Crippen LogP contribution in [0, 0.1) is 11.3 Å². The van der Waals surface area contributed by atoms with Crippen molar-refractivity contribution in [3.63, 3.8) is 0 Å². The van der Waals surface area contributed by atoms with Crippen molar-refractivity contribution >= 4 is 32.6 Å². The Morgan fingerprint density at radius 3 is 3.12 bits per heavy atom. The molecule has 0 bridgehead atoms.